The Bertz CT molecular complexity index is 3100. The van der Waals surface area contributed by atoms with Gasteiger partial charge in [0.05, 0.1) is 39.5 Å². The van der Waals surface area contributed by atoms with Crippen molar-refractivity contribution in [3.63, 3.8) is 0 Å². The standard InChI is InChI=1S/C57H39N5S/c1-4-18-42(19-5-1)57(43-20-6-2-7-21-43)47-24-10-12-26-49(47)60(50-27-13-11-25-48(50)57)45-38-34-41(35-39-45)56-58-55(59-63-56)40-32-36-46(37-33-40)62-53-30-16-14-28-51(53)61(44-22-8-3-9-23-44)52-29-15-17-31-54(52)62/h1-39H. The predicted octanol–water partition coefficient (Wildman–Crippen LogP) is 15.3. The fraction of sp³-hybridized carbons (Fsp3) is 0.0175. The molecule has 0 aliphatic carbocycles. The van der Waals surface area contributed by atoms with Crippen molar-refractivity contribution in [2.45, 2.75) is 5.41 Å². The third kappa shape index (κ3) is 5.91. The first-order valence-electron chi connectivity index (χ1n) is 21.3. The predicted molar refractivity (Wildman–Crippen MR) is 260 cm³/mol. The van der Waals surface area contributed by atoms with Gasteiger partial charge in [-0.25, -0.2) is 4.98 Å². The Morgan fingerprint density at radius 1 is 0.317 bits per heavy atom. The molecule has 5 nitrogen and oxygen atoms in total. The molecule has 63 heavy (non-hydrogen) atoms. The lowest BCUT2D eigenvalue weighted by Crippen LogP contribution is -2.37. The molecule has 0 bridgehead atoms. The molecule has 0 fully saturated rings. The molecule has 3 heterocycles. The maximum Gasteiger partial charge on any atom is 0.173 e. The van der Waals surface area contributed by atoms with Gasteiger partial charge >= 0.3 is 0 Å². The zero-order valence-corrected chi connectivity index (χ0v) is 35.0. The molecule has 0 atom stereocenters. The normalized spacial score (nSPS) is 13.4. The van der Waals surface area contributed by atoms with Crippen molar-refractivity contribution in [1.29, 1.82) is 0 Å². The molecule has 6 heteroatoms. The lowest BCUT2D eigenvalue weighted by atomic mass is 9.62. The van der Waals surface area contributed by atoms with E-state index in [-0.39, 0.29) is 0 Å². The average Bonchev–Trinajstić information content (AvgIpc) is 3.86. The van der Waals surface area contributed by atoms with E-state index in [0.717, 1.165) is 73.1 Å². The number of rotatable bonds is 7. The minimum atomic E-state index is -0.500. The molecule has 10 aromatic rings. The fourth-order valence-corrected chi connectivity index (χ4v) is 10.4. The third-order valence-corrected chi connectivity index (χ3v) is 13.2. The van der Waals surface area contributed by atoms with Crippen molar-refractivity contribution >= 4 is 62.7 Å². The first-order chi connectivity index (χ1) is 31.3. The molecule has 2 aliphatic rings. The smallest absolute Gasteiger partial charge is 0.173 e. The second kappa shape index (κ2) is 15.1. The van der Waals surface area contributed by atoms with E-state index < -0.39 is 5.41 Å². The van der Waals surface area contributed by atoms with Crippen molar-refractivity contribution in [2.24, 2.45) is 0 Å². The summed E-state index contributed by atoms with van der Waals surface area (Å²) in [6, 6.07) is 84.8. The molecule has 298 valence electrons. The van der Waals surface area contributed by atoms with Crippen molar-refractivity contribution in [3.05, 3.63) is 259 Å². The summed E-state index contributed by atoms with van der Waals surface area (Å²) in [5, 5.41) is 0.882. The van der Waals surface area contributed by atoms with Gasteiger partial charge < -0.3 is 14.7 Å². The molecule has 9 aromatic carbocycles. The van der Waals surface area contributed by atoms with Crippen LogP contribution < -0.4 is 14.7 Å². The summed E-state index contributed by atoms with van der Waals surface area (Å²) in [5.74, 6) is 0.720. The summed E-state index contributed by atoms with van der Waals surface area (Å²) in [7, 11) is 0. The van der Waals surface area contributed by atoms with Crippen LogP contribution in [0.15, 0.2) is 237 Å². The summed E-state index contributed by atoms with van der Waals surface area (Å²) in [4.78, 5) is 12.2. The zero-order valence-electron chi connectivity index (χ0n) is 34.2. The van der Waals surface area contributed by atoms with Gasteiger partial charge in [-0.2, -0.15) is 4.37 Å². The van der Waals surface area contributed by atoms with Crippen LogP contribution in [0.4, 0.5) is 51.2 Å². The molecule has 0 radical (unpaired) electrons. The highest BCUT2D eigenvalue weighted by atomic mass is 32.1. The highest BCUT2D eigenvalue weighted by Crippen LogP contribution is 2.58. The van der Waals surface area contributed by atoms with Crippen LogP contribution in [0.2, 0.25) is 0 Å². The van der Waals surface area contributed by atoms with Gasteiger partial charge in [0.1, 0.15) is 5.01 Å². The monoisotopic (exact) mass is 825 g/mol. The van der Waals surface area contributed by atoms with Crippen LogP contribution >= 0.6 is 11.5 Å². The topological polar surface area (TPSA) is 35.5 Å². The molecule has 0 N–H and O–H groups in total. The van der Waals surface area contributed by atoms with E-state index in [0.29, 0.717) is 0 Å². The molecule has 2 aliphatic heterocycles. The number of fused-ring (bicyclic) bond motifs is 4. The summed E-state index contributed by atoms with van der Waals surface area (Å²) >= 11 is 1.43. The van der Waals surface area contributed by atoms with Crippen LogP contribution in [-0.2, 0) is 5.41 Å². The third-order valence-electron chi connectivity index (χ3n) is 12.4. The number of aromatic nitrogens is 2. The highest BCUT2D eigenvalue weighted by molar-refractivity contribution is 7.09. The summed E-state index contributed by atoms with van der Waals surface area (Å²) in [6.45, 7) is 0. The molecular formula is C57H39N5S. The Morgan fingerprint density at radius 3 is 1.13 bits per heavy atom. The Morgan fingerprint density at radius 2 is 0.667 bits per heavy atom. The number of hydrogen-bond donors (Lipinski definition) is 0. The Hall–Kier alpha value is -8.06. The number of anilines is 9. The molecule has 1 aromatic heterocycles. The van der Waals surface area contributed by atoms with E-state index in [2.05, 4.69) is 251 Å². The van der Waals surface area contributed by atoms with Crippen molar-refractivity contribution in [2.75, 3.05) is 14.7 Å². The van der Waals surface area contributed by atoms with Gasteiger partial charge in [0.25, 0.3) is 0 Å². The maximum absolute atomic E-state index is 5.08. The summed E-state index contributed by atoms with van der Waals surface area (Å²) in [5.41, 5.74) is 16.6. The van der Waals surface area contributed by atoms with Gasteiger partial charge in [0, 0.05) is 28.2 Å². The van der Waals surface area contributed by atoms with E-state index in [4.69, 9.17) is 9.36 Å². The summed E-state index contributed by atoms with van der Waals surface area (Å²) < 4.78 is 4.87. The average molecular weight is 826 g/mol. The van der Waals surface area contributed by atoms with Gasteiger partial charge in [-0.15, -0.1) is 0 Å². The second-order valence-electron chi connectivity index (χ2n) is 15.9. The SMILES string of the molecule is c1ccc(N2c3ccccc3N(c3ccc(-c4nsc(-c5ccc(N6c7ccccc7C(c7ccccc7)(c7ccccc7)c7ccccc76)cc5)n4)cc3)c3ccccc32)cc1. The minimum absolute atomic E-state index is 0.500. The lowest BCUT2D eigenvalue weighted by molar-refractivity contribution is 0.731. The van der Waals surface area contributed by atoms with Crippen LogP contribution in [-0.4, -0.2) is 9.36 Å². The van der Waals surface area contributed by atoms with E-state index in [1.54, 1.807) is 0 Å². The molecule has 0 saturated heterocycles. The zero-order chi connectivity index (χ0) is 41.7. The van der Waals surface area contributed by atoms with Crippen LogP contribution in [0, 0.1) is 0 Å². The van der Waals surface area contributed by atoms with Crippen molar-refractivity contribution in [1.82, 2.24) is 9.36 Å². The van der Waals surface area contributed by atoms with Crippen LogP contribution in [0.5, 0.6) is 0 Å². The number of hydrogen-bond acceptors (Lipinski definition) is 6. The largest absolute Gasteiger partial charge is 0.310 e. The van der Waals surface area contributed by atoms with Gasteiger partial charge in [-0.1, -0.05) is 140 Å². The fourth-order valence-electron chi connectivity index (χ4n) is 9.74. The molecule has 0 amide bonds. The van der Waals surface area contributed by atoms with Crippen molar-refractivity contribution < 1.29 is 0 Å². The van der Waals surface area contributed by atoms with Gasteiger partial charge in [0.15, 0.2) is 5.82 Å². The molecular weight excluding hydrogens is 787 g/mol. The van der Waals surface area contributed by atoms with Gasteiger partial charge in [0.2, 0.25) is 0 Å². The Labute approximate surface area is 371 Å². The second-order valence-corrected chi connectivity index (χ2v) is 16.6. The number of benzene rings is 9. The first kappa shape index (κ1) is 36.8. The molecule has 0 unspecified atom stereocenters. The molecule has 0 saturated carbocycles. The van der Waals surface area contributed by atoms with Gasteiger partial charge in [-0.05, 0) is 131 Å². The Balaban J connectivity index is 0.867. The van der Waals surface area contributed by atoms with E-state index >= 15 is 0 Å². The maximum atomic E-state index is 5.08. The van der Waals surface area contributed by atoms with Crippen LogP contribution in [0.3, 0.4) is 0 Å². The highest BCUT2D eigenvalue weighted by Gasteiger charge is 2.46. The first-order valence-corrected chi connectivity index (χ1v) is 22.0. The summed E-state index contributed by atoms with van der Waals surface area (Å²) in [6.07, 6.45) is 0. The van der Waals surface area contributed by atoms with Gasteiger partial charge in [-0.3, -0.25) is 0 Å². The Kier molecular flexibility index (Phi) is 8.83. The molecule has 0 spiro atoms. The number of para-hydroxylation sites is 7. The van der Waals surface area contributed by atoms with Crippen LogP contribution in [0.1, 0.15) is 22.3 Å². The van der Waals surface area contributed by atoms with E-state index in [1.807, 2.05) is 0 Å². The number of nitrogens with zero attached hydrogens (tertiary/aromatic N) is 5. The van der Waals surface area contributed by atoms with Crippen LogP contribution in [0.25, 0.3) is 22.0 Å². The minimum Gasteiger partial charge on any atom is -0.310 e. The van der Waals surface area contributed by atoms with E-state index in [9.17, 15) is 0 Å². The molecule has 12 rings (SSSR count). The lowest BCUT2D eigenvalue weighted by Gasteiger charge is -2.46. The van der Waals surface area contributed by atoms with E-state index in [1.165, 1.54) is 33.8 Å². The quantitative estimate of drug-likeness (QED) is 0.160. The van der Waals surface area contributed by atoms with Crippen molar-refractivity contribution in [3.8, 4) is 22.0 Å².